The number of likely N-dealkylation sites (tertiary alicyclic amines) is 1. The Morgan fingerprint density at radius 1 is 1.20 bits per heavy atom. The highest BCUT2D eigenvalue weighted by molar-refractivity contribution is 7.83. The van der Waals surface area contributed by atoms with Gasteiger partial charge < -0.3 is 26.0 Å². The average molecular weight is 598 g/mol. The van der Waals surface area contributed by atoms with E-state index in [1.54, 1.807) is 11.4 Å². The molecule has 4 amide bonds. The van der Waals surface area contributed by atoms with Gasteiger partial charge >= 0.3 is 12.0 Å². The van der Waals surface area contributed by atoms with E-state index in [0.29, 0.717) is 32.4 Å². The molecule has 0 spiro atoms. The molecule has 4 N–H and O–H groups in total. The number of urea groups is 1. The minimum absolute atomic E-state index is 0.0548. The lowest BCUT2D eigenvalue weighted by Gasteiger charge is -2.34. The van der Waals surface area contributed by atoms with Crippen molar-refractivity contribution in [3.8, 4) is 0 Å². The standard InChI is InChI=1S/C29H51N5O6S/c1-8-9-10-11-12-14-21-17-29(21,26(37)38)32-25(36)22-15-13-16-34(22)24(35)18-30-27(39)31-23(28(4,5)6)19-33(7)41(40)20(2)3/h12,14,20-23H,8-11,13,15-19H2,1-7H3,(H,32,36)(H,37,38)(H2,30,31,39)/b14-12-/t21?,22-,23?,29+,41?/m0/s1. The van der Waals surface area contributed by atoms with Gasteiger partial charge in [-0.1, -0.05) is 52.7 Å². The Hall–Kier alpha value is -2.47. The quantitative estimate of drug-likeness (QED) is 0.169. The van der Waals surface area contributed by atoms with E-state index in [4.69, 9.17) is 0 Å². The minimum Gasteiger partial charge on any atom is -0.479 e. The second-order valence-corrected chi connectivity index (χ2v) is 14.7. The molecule has 2 aliphatic rings. The summed E-state index contributed by atoms with van der Waals surface area (Å²) in [5.41, 5.74) is -1.66. The Balaban J connectivity index is 1.93. The van der Waals surface area contributed by atoms with Crippen molar-refractivity contribution in [1.29, 1.82) is 0 Å². The van der Waals surface area contributed by atoms with Crippen LogP contribution in [0.25, 0.3) is 0 Å². The van der Waals surface area contributed by atoms with Crippen LogP contribution in [0.3, 0.4) is 0 Å². The van der Waals surface area contributed by atoms with Crippen LogP contribution in [0, 0.1) is 11.3 Å². The number of hydrogen-bond donors (Lipinski definition) is 4. The lowest BCUT2D eigenvalue weighted by atomic mass is 9.87. The third kappa shape index (κ3) is 9.80. The molecule has 1 aliphatic carbocycles. The number of aliphatic carboxylic acids is 1. The molecular weight excluding hydrogens is 546 g/mol. The Labute approximate surface area is 247 Å². The van der Waals surface area contributed by atoms with Gasteiger partial charge in [-0.05, 0) is 58.4 Å². The first-order chi connectivity index (χ1) is 19.1. The summed E-state index contributed by atoms with van der Waals surface area (Å²) in [6.07, 6.45) is 9.40. The molecule has 2 rings (SSSR count). The van der Waals surface area contributed by atoms with Gasteiger partial charge in [0.25, 0.3) is 0 Å². The van der Waals surface area contributed by atoms with Gasteiger partial charge in [-0.25, -0.2) is 18.1 Å². The van der Waals surface area contributed by atoms with Crippen molar-refractivity contribution >= 4 is 34.8 Å². The molecular formula is C29H51N5O6S. The summed E-state index contributed by atoms with van der Waals surface area (Å²) in [6.45, 7) is 12.2. The first kappa shape index (κ1) is 34.7. The van der Waals surface area contributed by atoms with Crippen molar-refractivity contribution in [1.82, 2.24) is 25.2 Å². The van der Waals surface area contributed by atoms with Crippen LogP contribution < -0.4 is 16.0 Å². The average Bonchev–Trinajstić information content (AvgIpc) is 3.36. The highest BCUT2D eigenvalue weighted by atomic mass is 32.2. The number of amides is 4. The molecule has 1 heterocycles. The third-order valence-corrected chi connectivity index (χ3v) is 9.43. The summed E-state index contributed by atoms with van der Waals surface area (Å²) < 4.78 is 14.2. The Morgan fingerprint density at radius 2 is 1.88 bits per heavy atom. The van der Waals surface area contributed by atoms with Crippen molar-refractivity contribution in [3.63, 3.8) is 0 Å². The Kier molecular flexibility index (Phi) is 12.8. The molecule has 1 saturated heterocycles. The largest absolute Gasteiger partial charge is 0.479 e. The van der Waals surface area contributed by atoms with Crippen LogP contribution in [-0.4, -0.2) is 91.9 Å². The van der Waals surface area contributed by atoms with Gasteiger partial charge in [0, 0.05) is 30.3 Å². The number of unbranched alkanes of at least 4 members (excludes halogenated alkanes) is 3. The maximum Gasteiger partial charge on any atom is 0.330 e. The number of carbonyl (C=O) groups excluding carboxylic acids is 3. The number of rotatable bonds is 15. The molecule has 0 aromatic rings. The molecule has 11 nitrogen and oxygen atoms in total. The van der Waals surface area contributed by atoms with E-state index in [-0.39, 0.29) is 29.2 Å². The van der Waals surface area contributed by atoms with Gasteiger partial charge in [-0.3, -0.25) is 9.59 Å². The maximum atomic E-state index is 13.2. The maximum absolute atomic E-state index is 13.2. The number of carboxylic acids is 1. The predicted molar refractivity (Wildman–Crippen MR) is 160 cm³/mol. The lowest BCUT2D eigenvalue weighted by Crippen LogP contribution is -2.56. The van der Waals surface area contributed by atoms with Crippen molar-refractivity contribution in [2.24, 2.45) is 11.3 Å². The number of likely N-dealkylation sites (N-methyl/N-ethyl adjacent to an activating group) is 1. The fraction of sp³-hybridized carbons (Fsp3) is 0.793. The fourth-order valence-electron chi connectivity index (χ4n) is 5.07. The third-order valence-electron chi connectivity index (χ3n) is 7.86. The zero-order valence-corrected chi connectivity index (χ0v) is 26.6. The zero-order valence-electron chi connectivity index (χ0n) is 25.8. The summed E-state index contributed by atoms with van der Waals surface area (Å²) in [4.78, 5) is 52.4. The van der Waals surface area contributed by atoms with Crippen LogP contribution in [0.15, 0.2) is 12.2 Å². The molecule has 0 aromatic carbocycles. The van der Waals surface area contributed by atoms with Crippen LogP contribution in [-0.2, 0) is 25.4 Å². The normalized spacial score (nSPS) is 24.0. The Bertz CT molecular complexity index is 997. The second kappa shape index (κ2) is 15.1. The molecule has 2 fully saturated rings. The molecule has 1 saturated carbocycles. The van der Waals surface area contributed by atoms with Gasteiger partial charge in [0.2, 0.25) is 11.8 Å². The molecule has 0 radical (unpaired) electrons. The van der Waals surface area contributed by atoms with Gasteiger partial charge in [0.05, 0.1) is 17.5 Å². The number of allylic oxidation sites excluding steroid dienone is 1. The van der Waals surface area contributed by atoms with Crippen LogP contribution in [0.1, 0.15) is 86.5 Å². The second-order valence-electron chi connectivity index (χ2n) is 12.6. The van der Waals surface area contributed by atoms with E-state index in [1.165, 1.54) is 4.90 Å². The van der Waals surface area contributed by atoms with Crippen molar-refractivity contribution in [2.75, 3.05) is 26.7 Å². The molecule has 1 aliphatic heterocycles. The first-order valence-electron chi connectivity index (χ1n) is 14.8. The SMILES string of the molecule is CCCCC/C=C\C1C[C@]1(NC(=O)[C@@H]1CCCN1C(=O)CNC(=O)NC(CN(C)S(=O)C(C)C)C(C)(C)C)C(=O)O. The topological polar surface area (TPSA) is 148 Å². The van der Waals surface area contributed by atoms with E-state index in [2.05, 4.69) is 22.9 Å². The van der Waals surface area contributed by atoms with Crippen molar-refractivity contribution in [2.45, 2.75) is 109 Å². The Morgan fingerprint density at radius 3 is 2.46 bits per heavy atom. The summed E-state index contributed by atoms with van der Waals surface area (Å²) in [6, 6.07) is -1.64. The zero-order chi connectivity index (χ0) is 31.0. The molecule has 5 atom stereocenters. The number of nitrogens with zero attached hydrogens (tertiary/aromatic N) is 2. The number of carboxylic acid groups (broad SMARTS) is 1. The van der Waals surface area contributed by atoms with Gasteiger partial charge in [0.15, 0.2) is 0 Å². The molecule has 0 bridgehead atoms. The molecule has 3 unspecified atom stereocenters. The van der Waals surface area contributed by atoms with Crippen molar-refractivity contribution < 1.29 is 28.5 Å². The summed E-state index contributed by atoms with van der Waals surface area (Å²) in [5, 5.41) is 18.0. The lowest BCUT2D eigenvalue weighted by molar-refractivity contribution is -0.145. The number of hydrogen-bond acceptors (Lipinski definition) is 5. The van der Waals surface area contributed by atoms with Gasteiger partial charge in [-0.15, -0.1) is 0 Å². The van der Waals surface area contributed by atoms with E-state index in [9.17, 15) is 28.5 Å². The summed E-state index contributed by atoms with van der Waals surface area (Å²) in [7, 11) is 0.551. The van der Waals surface area contributed by atoms with Crippen molar-refractivity contribution in [3.05, 3.63) is 12.2 Å². The highest BCUT2D eigenvalue weighted by Crippen LogP contribution is 2.45. The van der Waals surface area contributed by atoms with E-state index in [0.717, 1.165) is 25.7 Å². The predicted octanol–water partition coefficient (Wildman–Crippen LogP) is 2.79. The monoisotopic (exact) mass is 597 g/mol. The van der Waals surface area contributed by atoms with Gasteiger partial charge in [-0.2, -0.15) is 0 Å². The number of carbonyl (C=O) groups is 4. The first-order valence-corrected chi connectivity index (χ1v) is 16.0. The molecule has 0 aromatic heterocycles. The van der Waals surface area contributed by atoms with E-state index in [1.807, 2.05) is 46.8 Å². The molecule has 41 heavy (non-hydrogen) atoms. The minimum atomic E-state index is -1.33. The van der Waals surface area contributed by atoms with Gasteiger partial charge in [0.1, 0.15) is 11.6 Å². The fourth-order valence-corrected chi connectivity index (χ4v) is 6.09. The molecule has 12 heteroatoms. The summed E-state index contributed by atoms with van der Waals surface area (Å²) >= 11 is 0. The molecule has 234 valence electrons. The van der Waals surface area contributed by atoms with Crippen LogP contribution >= 0.6 is 0 Å². The number of nitrogens with one attached hydrogen (secondary N) is 3. The van der Waals surface area contributed by atoms with E-state index >= 15 is 0 Å². The summed E-state index contributed by atoms with van der Waals surface area (Å²) in [5.74, 6) is -2.22. The van der Waals surface area contributed by atoms with Crippen LogP contribution in [0.5, 0.6) is 0 Å². The highest BCUT2D eigenvalue weighted by Gasteiger charge is 2.61. The van der Waals surface area contributed by atoms with Crippen LogP contribution in [0.4, 0.5) is 4.79 Å². The van der Waals surface area contributed by atoms with E-state index < -0.39 is 46.4 Å². The smallest absolute Gasteiger partial charge is 0.330 e. The van der Waals surface area contributed by atoms with Crippen LogP contribution in [0.2, 0.25) is 0 Å².